The molecule has 1 aliphatic rings. The van der Waals surface area contributed by atoms with Gasteiger partial charge in [-0.05, 0) is 109 Å². The van der Waals surface area contributed by atoms with Gasteiger partial charge >= 0.3 is 6.11 Å². The summed E-state index contributed by atoms with van der Waals surface area (Å²) in [5.74, 6) is -5.04. The maximum Gasteiger partial charge on any atom is 0.389 e. The molecular formula is C39H39F7O. The molecule has 0 aromatic heterocycles. The molecule has 1 saturated carbocycles. The molecule has 4 aromatic rings. The molecular weight excluding hydrogens is 617 g/mol. The van der Waals surface area contributed by atoms with Gasteiger partial charge in [0, 0.05) is 11.1 Å². The number of rotatable bonds is 12. The van der Waals surface area contributed by atoms with Crippen LogP contribution in [0.5, 0.6) is 0 Å². The minimum atomic E-state index is -4.20. The van der Waals surface area contributed by atoms with Gasteiger partial charge in [-0.25, -0.2) is 22.0 Å². The summed E-state index contributed by atoms with van der Waals surface area (Å²) >= 11 is 0. The smallest absolute Gasteiger partial charge is 0.313 e. The first kappa shape index (κ1) is 34.7. The second-order valence-corrected chi connectivity index (χ2v) is 12.5. The van der Waals surface area contributed by atoms with Crippen LogP contribution >= 0.6 is 0 Å². The molecule has 0 N–H and O–H groups in total. The molecule has 4 aromatic carbocycles. The van der Waals surface area contributed by atoms with Gasteiger partial charge in [0.15, 0.2) is 0 Å². The first-order valence-corrected chi connectivity index (χ1v) is 16.4. The number of halogens is 7. The quantitative estimate of drug-likeness (QED) is 0.109. The minimum Gasteiger partial charge on any atom is -0.313 e. The summed E-state index contributed by atoms with van der Waals surface area (Å²) in [6, 6.07) is 15.7. The van der Waals surface area contributed by atoms with E-state index in [0.717, 1.165) is 55.5 Å². The number of hydrogen-bond acceptors (Lipinski definition) is 1. The summed E-state index contributed by atoms with van der Waals surface area (Å²) < 4.78 is 110. The number of unbranched alkanes of at least 4 members (excludes halogenated alkanes) is 2. The summed E-state index contributed by atoms with van der Waals surface area (Å²) in [6.45, 7) is 3.93. The van der Waals surface area contributed by atoms with Gasteiger partial charge in [0.25, 0.3) is 0 Å². The van der Waals surface area contributed by atoms with Crippen LogP contribution < -0.4 is 0 Å². The lowest BCUT2D eigenvalue weighted by molar-refractivity contribution is -0.280. The number of aryl methyl sites for hydroxylation is 1. The lowest BCUT2D eigenvalue weighted by Gasteiger charge is -2.31. The Bertz CT molecular complexity index is 1630. The second-order valence-electron chi connectivity index (χ2n) is 12.5. The first-order valence-electron chi connectivity index (χ1n) is 16.4. The lowest BCUT2D eigenvalue weighted by atomic mass is 9.82. The molecule has 0 bridgehead atoms. The zero-order chi connectivity index (χ0) is 33.7. The molecule has 0 unspecified atom stereocenters. The van der Waals surface area contributed by atoms with E-state index in [1.54, 1.807) is 18.2 Å². The van der Waals surface area contributed by atoms with E-state index < -0.39 is 46.9 Å². The minimum absolute atomic E-state index is 0.0287. The molecule has 8 heteroatoms. The number of benzene rings is 4. The van der Waals surface area contributed by atoms with Crippen LogP contribution in [0.4, 0.5) is 30.7 Å². The SMILES string of the molecule is CCCCCc1ccc(-c2cc(F)c(C(F)(F)OC3CCC(c4ccc(-c5cc(F)c(CCC)c(F)c5)c(F)c4)CC3)c(F)c2)cc1. The Hall–Kier alpha value is -3.65. The van der Waals surface area contributed by atoms with Gasteiger partial charge in [-0.3, -0.25) is 0 Å². The fraction of sp³-hybridized carbons (Fsp3) is 0.385. The van der Waals surface area contributed by atoms with E-state index in [-0.39, 0.29) is 47.4 Å². The summed E-state index contributed by atoms with van der Waals surface area (Å²) in [7, 11) is 0. The van der Waals surface area contributed by atoms with Crippen molar-refractivity contribution < 1.29 is 35.5 Å². The van der Waals surface area contributed by atoms with E-state index in [2.05, 4.69) is 6.92 Å². The molecule has 1 nitrogen and oxygen atoms in total. The van der Waals surface area contributed by atoms with E-state index in [1.165, 1.54) is 12.1 Å². The monoisotopic (exact) mass is 656 g/mol. The maximum absolute atomic E-state index is 15.2. The van der Waals surface area contributed by atoms with Crippen molar-refractivity contribution in [1.29, 1.82) is 0 Å². The summed E-state index contributed by atoms with van der Waals surface area (Å²) in [6.07, 6.45) is 0.887. The predicted octanol–water partition coefficient (Wildman–Crippen LogP) is 12.2. The van der Waals surface area contributed by atoms with E-state index in [4.69, 9.17) is 4.74 Å². The van der Waals surface area contributed by atoms with Gasteiger partial charge in [0.05, 0.1) is 6.10 Å². The average Bonchev–Trinajstić information content (AvgIpc) is 3.03. The van der Waals surface area contributed by atoms with Crippen molar-refractivity contribution >= 4 is 0 Å². The molecule has 0 spiro atoms. The standard InChI is InChI=1S/C39H39F7O/c1-3-5-6-8-24-9-11-26(12-10-24)28-20-36(43)38(37(44)21-28)39(45,46)47-30-16-13-25(14-17-30)27-15-18-31(33(40)19-27)29-22-34(41)32(7-4-2)35(42)23-29/h9-12,15,18-23,25,30H,3-8,13-14,16-17H2,1-2H3. The zero-order valence-corrected chi connectivity index (χ0v) is 26.6. The van der Waals surface area contributed by atoms with E-state index in [1.807, 2.05) is 19.1 Å². The van der Waals surface area contributed by atoms with Gasteiger partial charge in [-0.15, -0.1) is 0 Å². The third-order valence-electron chi connectivity index (χ3n) is 9.09. The van der Waals surface area contributed by atoms with Crippen LogP contribution in [0.3, 0.4) is 0 Å². The van der Waals surface area contributed by atoms with E-state index in [0.29, 0.717) is 30.4 Å². The number of alkyl halides is 2. The van der Waals surface area contributed by atoms with Crippen LogP contribution in [-0.2, 0) is 23.7 Å². The van der Waals surface area contributed by atoms with E-state index in [9.17, 15) is 8.78 Å². The van der Waals surface area contributed by atoms with Crippen LogP contribution in [0.25, 0.3) is 22.3 Å². The number of hydrogen-bond donors (Lipinski definition) is 0. The average molecular weight is 657 g/mol. The van der Waals surface area contributed by atoms with Crippen LogP contribution in [-0.4, -0.2) is 6.10 Å². The Morgan fingerprint density at radius 1 is 0.617 bits per heavy atom. The van der Waals surface area contributed by atoms with Gasteiger partial charge in [-0.1, -0.05) is 69.5 Å². The van der Waals surface area contributed by atoms with Gasteiger partial charge in [0.1, 0.15) is 34.6 Å². The van der Waals surface area contributed by atoms with Crippen molar-refractivity contribution in [2.75, 3.05) is 0 Å². The number of ether oxygens (including phenoxy) is 1. The Labute approximate surface area is 271 Å². The molecule has 0 aliphatic heterocycles. The molecule has 1 fully saturated rings. The highest BCUT2D eigenvalue weighted by molar-refractivity contribution is 5.66. The largest absolute Gasteiger partial charge is 0.389 e. The lowest BCUT2D eigenvalue weighted by Crippen LogP contribution is -2.31. The molecule has 0 heterocycles. The Balaban J connectivity index is 1.22. The highest BCUT2D eigenvalue weighted by Crippen LogP contribution is 2.42. The molecule has 0 amide bonds. The predicted molar refractivity (Wildman–Crippen MR) is 171 cm³/mol. The summed E-state index contributed by atoms with van der Waals surface area (Å²) in [5, 5.41) is 0. The van der Waals surface area contributed by atoms with Crippen molar-refractivity contribution in [2.24, 2.45) is 0 Å². The molecule has 47 heavy (non-hydrogen) atoms. The van der Waals surface area contributed by atoms with Crippen LogP contribution in [0.2, 0.25) is 0 Å². The van der Waals surface area contributed by atoms with Crippen molar-refractivity contribution in [3.05, 3.63) is 118 Å². The van der Waals surface area contributed by atoms with Crippen molar-refractivity contribution in [3.63, 3.8) is 0 Å². The third-order valence-corrected chi connectivity index (χ3v) is 9.09. The van der Waals surface area contributed by atoms with Crippen LogP contribution in [0.1, 0.15) is 93.4 Å². The highest BCUT2D eigenvalue weighted by atomic mass is 19.3. The fourth-order valence-electron chi connectivity index (χ4n) is 6.51. The second kappa shape index (κ2) is 15.1. The van der Waals surface area contributed by atoms with Gasteiger partial charge in [-0.2, -0.15) is 8.78 Å². The third kappa shape index (κ3) is 8.08. The maximum atomic E-state index is 15.2. The molecule has 1 aliphatic carbocycles. The molecule has 5 rings (SSSR count). The van der Waals surface area contributed by atoms with Crippen molar-refractivity contribution in [2.45, 2.75) is 96.2 Å². The Kier molecular flexibility index (Phi) is 11.1. The van der Waals surface area contributed by atoms with Gasteiger partial charge < -0.3 is 4.74 Å². The zero-order valence-electron chi connectivity index (χ0n) is 26.6. The Morgan fingerprint density at radius 3 is 1.81 bits per heavy atom. The molecule has 0 saturated heterocycles. The topological polar surface area (TPSA) is 9.23 Å². The Morgan fingerprint density at radius 2 is 1.23 bits per heavy atom. The molecule has 250 valence electrons. The van der Waals surface area contributed by atoms with E-state index >= 15 is 22.0 Å². The molecule has 0 radical (unpaired) electrons. The first-order chi connectivity index (χ1) is 22.5. The normalized spacial score (nSPS) is 16.9. The van der Waals surface area contributed by atoms with Crippen LogP contribution in [0.15, 0.2) is 66.7 Å². The summed E-state index contributed by atoms with van der Waals surface area (Å²) in [4.78, 5) is 0. The van der Waals surface area contributed by atoms with Crippen LogP contribution in [0, 0.1) is 29.1 Å². The van der Waals surface area contributed by atoms with Crippen molar-refractivity contribution in [3.8, 4) is 22.3 Å². The van der Waals surface area contributed by atoms with Gasteiger partial charge in [0.2, 0.25) is 0 Å². The highest BCUT2D eigenvalue weighted by Gasteiger charge is 2.42. The van der Waals surface area contributed by atoms with Crippen molar-refractivity contribution in [1.82, 2.24) is 0 Å². The molecule has 0 atom stereocenters. The fourth-order valence-corrected chi connectivity index (χ4v) is 6.51. The summed E-state index contributed by atoms with van der Waals surface area (Å²) in [5.41, 5.74) is 1.09.